The van der Waals surface area contributed by atoms with Gasteiger partial charge in [-0.2, -0.15) is 0 Å². The highest BCUT2D eigenvalue weighted by Crippen LogP contribution is 2.41. The van der Waals surface area contributed by atoms with Crippen molar-refractivity contribution >= 4 is 11.9 Å². The normalized spacial score (nSPS) is 13.4. The van der Waals surface area contributed by atoms with Gasteiger partial charge in [0.1, 0.15) is 25.1 Å². The van der Waals surface area contributed by atoms with Crippen LogP contribution in [0.2, 0.25) is 0 Å². The second kappa shape index (κ2) is 10.8. The maximum atomic E-state index is 12.0. The lowest BCUT2D eigenvalue weighted by Gasteiger charge is -2.38. The summed E-state index contributed by atoms with van der Waals surface area (Å²) in [5, 5.41) is 0. The minimum absolute atomic E-state index is 0.0389. The average molecular weight is 370 g/mol. The Hall–Kier alpha value is -3.08. The maximum Gasteiger partial charge on any atom is 0.330 e. The van der Waals surface area contributed by atoms with Crippen LogP contribution >= 0.6 is 0 Å². The van der Waals surface area contributed by atoms with Gasteiger partial charge in [0.05, 0.1) is 5.41 Å². The van der Waals surface area contributed by atoms with Gasteiger partial charge in [0.2, 0.25) is 0 Å². The largest absolute Gasteiger partial charge is 0.493 e. The zero-order valence-corrected chi connectivity index (χ0v) is 15.7. The average Bonchev–Trinajstić information content (AvgIpc) is 2.72. The van der Waals surface area contributed by atoms with Crippen LogP contribution in [0.3, 0.4) is 0 Å². The van der Waals surface area contributed by atoms with Crippen molar-refractivity contribution in [3.8, 4) is 0 Å². The summed E-state index contributed by atoms with van der Waals surface area (Å²) >= 11 is 0. The van der Waals surface area contributed by atoms with Gasteiger partial charge in [-0.05, 0) is 18.1 Å². The van der Waals surface area contributed by atoms with E-state index >= 15 is 0 Å². The zero-order chi connectivity index (χ0) is 20.3. The quantitative estimate of drug-likeness (QED) is 0.238. The molecule has 1 aromatic rings. The highest BCUT2D eigenvalue weighted by atomic mass is 16.6. The fraction of sp³-hybridized carbons (Fsp3) is 0.273. The summed E-state index contributed by atoms with van der Waals surface area (Å²) in [4.78, 5) is 23.7. The Morgan fingerprint density at radius 1 is 1.00 bits per heavy atom. The molecule has 0 bridgehead atoms. The van der Waals surface area contributed by atoms with E-state index < -0.39 is 23.5 Å². The minimum Gasteiger partial charge on any atom is -0.493 e. The molecule has 0 aliphatic rings. The van der Waals surface area contributed by atoms with Crippen molar-refractivity contribution in [3.63, 3.8) is 0 Å². The molecule has 0 N–H and O–H groups in total. The van der Waals surface area contributed by atoms with E-state index in [1.807, 2.05) is 37.3 Å². The van der Waals surface area contributed by atoms with Crippen LogP contribution in [-0.2, 0) is 23.8 Å². The number of allylic oxidation sites excluding steroid dienone is 1. The third-order valence-corrected chi connectivity index (χ3v) is 4.20. The molecule has 5 nitrogen and oxygen atoms in total. The van der Waals surface area contributed by atoms with Crippen molar-refractivity contribution in [2.24, 2.45) is 5.41 Å². The highest BCUT2D eigenvalue weighted by molar-refractivity contribution is 5.82. The van der Waals surface area contributed by atoms with Crippen molar-refractivity contribution in [3.05, 3.63) is 86.2 Å². The Kier molecular flexibility index (Phi) is 8.79. The van der Waals surface area contributed by atoms with Crippen LogP contribution < -0.4 is 0 Å². The first kappa shape index (κ1) is 22.0. The van der Waals surface area contributed by atoms with E-state index in [4.69, 9.17) is 14.2 Å². The molecule has 0 aromatic heterocycles. The topological polar surface area (TPSA) is 61.8 Å². The van der Waals surface area contributed by atoms with Crippen LogP contribution in [0.4, 0.5) is 0 Å². The summed E-state index contributed by atoms with van der Waals surface area (Å²) < 4.78 is 16.7. The van der Waals surface area contributed by atoms with Gasteiger partial charge in [-0.1, -0.05) is 63.6 Å². The summed E-state index contributed by atoms with van der Waals surface area (Å²) in [6.45, 7) is 16.2. The number of benzene rings is 1. The number of carbonyl (C=O) groups is 2. The Morgan fingerprint density at radius 3 is 2.11 bits per heavy atom. The molecular formula is C22H26O5. The summed E-state index contributed by atoms with van der Waals surface area (Å²) in [6.07, 6.45) is 3.41. The van der Waals surface area contributed by atoms with Crippen LogP contribution in [0.5, 0.6) is 0 Å². The number of hydrogen-bond donors (Lipinski definition) is 0. The Balaban J connectivity index is 3.35. The highest BCUT2D eigenvalue weighted by Gasteiger charge is 2.43. The van der Waals surface area contributed by atoms with Crippen molar-refractivity contribution in [1.82, 2.24) is 0 Å². The van der Waals surface area contributed by atoms with Crippen LogP contribution in [0, 0.1) is 5.41 Å². The summed E-state index contributed by atoms with van der Waals surface area (Å²) in [5.74, 6) is -0.791. The van der Waals surface area contributed by atoms with E-state index in [0.29, 0.717) is 12.2 Å². The molecule has 0 saturated carbocycles. The molecule has 0 heterocycles. The Labute approximate surface area is 160 Å². The van der Waals surface area contributed by atoms with E-state index in [1.165, 1.54) is 6.08 Å². The molecule has 0 spiro atoms. The molecule has 144 valence electrons. The lowest BCUT2D eigenvalue weighted by Crippen LogP contribution is -2.40. The zero-order valence-electron chi connectivity index (χ0n) is 15.7. The third-order valence-electron chi connectivity index (χ3n) is 4.20. The minimum atomic E-state index is -0.857. The summed E-state index contributed by atoms with van der Waals surface area (Å²) in [7, 11) is 0. The standard InChI is InChI=1S/C22H26O5/c1-6-17(5)25-15-22(9-4,16-26-19(23)7-2)21(27-20(24)8-3)18-13-11-10-12-14-18/h6-8,10-14,21H,1-3,5,9,15-16H2,4H3. The molecule has 0 aliphatic heterocycles. The van der Waals surface area contributed by atoms with Crippen LogP contribution in [-0.4, -0.2) is 25.2 Å². The fourth-order valence-electron chi connectivity index (χ4n) is 2.49. The van der Waals surface area contributed by atoms with Gasteiger partial charge in [0.25, 0.3) is 0 Å². The van der Waals surface area contributed by atoms with Gasteiger partial charge in [-0.3, -0.25) is 0 Å². The molecular weight excluding hydrogens is 344 g/mol. The van der Waals surface area contributed by atoms with E-state index in [-0.39, 0.29) is 13.2 Å². The predicted molar refractivity (Wildman–Crippen MR) is 105 cm³/mol. The third kappa shape index (κ3) is 6.29. The SMILES string of the molecule is C=CC(=C)OCC(CC)(COC(=O)C=C)C(OC(=O)C=C)c1ccccc1. The molecule has 0 radical (unpaired) electrons. The fourth-order valence-corrected chi connectivity index (χ4v) is 2.49. The first-order valence-corrected chi connectivity index (χ1v) is 8.53. The van der Waals surface area contributed by atoms with Crippen molar-refractivity contribution in [2.75, 3.05) is 13.2 Å². The van der Waals surface area contributed by atoms with Gasteiger partial charge >= 0.3 is 11.9 Å². The molecule has 0 aliphatic carbocycles. The lowest BCUT2D eigenvalue weighted by molar-refractivity contribution is -0.163. The first-order valence-electron chi connectivity index (χ1n) is 8.53. The molecule has 27 heavy (non-hydrogen) atoms. The number of ether oxygens (including phenoxy) is 3. The molecule has 1 aromatic carbocycles. The molecule has 2 atom stereocenters. The molecule has 5 heteroatoms. The monoisotopic (exact) mass is 370 g/mol. The van der Waals surface area contributed by atoms with E-state index in [9.17, 15) is 9.59 Å². The summed E-state index contributed by atoms with van der Waals surface area (Å²) in [6, 6.07) is 9.21. The van der Waals surface area contributed by atoms with Crippen molar-refractivity contribution < 1.29 is 23.8 Å². The lowest BCUT2D eigenvalue weighted by atomic mass is 9.77. The summed E-state index contributed by atoms with van der Waals surface area (Å²) in [5.41, 5.74) is -0.109. The van der Waals surface area contributed by atoms with Crippen LogP contribution in [0.1, 0.15) is 25.0 Å². The van der Waals surface area contributed by atoms with E-state index in [1.54, 1.807) is 0 Å². The second-order valence-electron chi connectivity index (χ2n) is 5.92. The predicted octanol–water partition coefficient (Wildman–Crippen LogP) is 4.30. The number of rotatable bonds is 12. The Bertz CT molecular complexity index is 666. The van der Waals surface area contributed by atoms with E-state index in [2.05, 4.69) is 26.3 Å². The Morgan fingerprint density at radius 2 is 1.59 bits per heavy atom. The first-order chi connectivity index (χ1) is 12.9. The number of esters is 2. The van der Waals surface area contributed by atoms with Gasteiger partial charge in [-0.25, -0.2) is 9.59 Å². The van der Waals surface area contributed by atoms with Crippen molar-refractivity contribution in [2.45, 2.75) is 19.4 Å². The molecule has 0 fully saturated rings. The smallest absolute Gasteiger partial charge is 0.330 e. The second-order valence-corrected chi connectivity index (χ2v) is 5.92. The molecule has 1 rings (SSSR count). The van der Waals surface area contributed by atoms with Gasteiger partial charge in [-0.15, -0.1) is 0 Å². The number of hydrogen-bond acceptors (Lipinski definition) is 5. The maximum absolute atomic E-state index is 12.0. The van der Waals surface area contributed by atoms with Gasteiger partial charge in [0.15, 0.2) is 0 Å². The number of carbonyl (C=O) groups excluding carboxylic acids is 2. The van der Waals surface area contributed by atoms with Gasteiger partial charge in [0, 0.05) is 12.2 Å². The van der Waals surface area contributed by atoms with E-state index in [0.717, 1.165) is 17.7 Å². The molecule has 2 unspecified atom stereocenters. The van der Waals surface area contributed by atoms with Crippen LogP contribution in [0.25, 0.3) is 0 Å². The molecule has 0 saturated heterocycles. The van der Waals surface area contributed by atoms with Crippen molar-refractivity contribution in [1.29, 1.82) is 0 Å². The molecule has 0 amide bonds. The van der Waals surface area contributed by atoms with Crippen LogP contribution in [0.15, 0.2) is 80.6 Å². The van der Waals surface area contributed by atoms with Gasteiger partial charge < -0.3 is 14.2 Å².